The summed E-state index contributed by atoms with van der Waals surface area (Å²) in [5.41, 5.74) is 1.05. The van der Waals surface area contributed by atoms with E-state index in [4.69, 9.17) is 0 Å². The lowest BCUT2D eigenvalue weighted by Crippen LogP contribution is -2.31. The lowest BCUT2D eigenvalue weighted by molar-refractivity contribution is -0.129. The average Bonchev–Trinajstić information content (AvgIpc) is 2.55. The number of hydrogen-bond acceptors (Lipinski definition) is 1. The zero-order valence-corrected chi connectivity index (χ0v) is 9.34. The Balaban J connectivity index is 2.51. The van der Waals surface area contributed by atoms with Crippen LogP contribution in [-0.2, 0) is 11.3 Å². The predicted octanol–water partition coefficient (Wildman–Crippen LogP) is 1.76. The Labute approximate surface area is 86.3 Å². The Hall–Kier alpha value is -0.770. The molecular formula is C9H13BrN2O. The molecule has 0 aliphatic carbocycles. The van der Waals surface area contributed by atoms with Crippen molar-refractivity contribution in [3.8, 4) is 0 Å². The van der Waals surface area contributed by atoms with Gasteiger partial charge in [-0.05, 0) is 19.1 Å². The largest absolute Gasteiger partial charge is 0.364 e. The highest BCUT2D eigenvalue weighted by Gasteiger charge is 2.14. The summed E-state index contributed by atoms with van der Waals surface area (Å²) >= 11 is 3.24. The number of aromatic amines is 1. The van der Waals surface area contributed by atoms with E-state index in [2.05, 4.69) is 20.9 Å². The molecule has 13 heavy (non-hydrogen) atoms. The minimum atomic E-state index is -0.118. The summed E-state index contributed by atoms with van der Waals surface area (Å²) in [6.45, 7) is 2.45. The monoisotopic (exact) mass is 244 g/mol. The van der Waals surface area contributed by atoms with Crippen LogP contribution >= 0.6 is 15.9 Å². The third kappa shape index (κ3) is 2.88. The molecule has 1 amide bonds. The van der Waals surface area contributed by atoms with Gasteiger partial charge in [0.15, 0.2) is 0 Å². The van der Waals surface area contributed by atoms with Gasteiger partial charge in [-0.15, -0.1) is 0 Å². The summed E-state index contributed by atoms with van der Waals surface area (Å²) in [4.78, 5) is 16.1. The molecular weight excluding hydrogens is 232 g/mol. The molecule has 0 saturated heterocycles. The molecule has 1 heterocycles. The van der Waals surface area contributed by atoms with Crippen LogP contribution < -0.4 is 0 Å². The molecule has 4 heteroatoms. The van der Waals surface area contributed by atoms with Gasteiger partial charge in [-0.3, -0.25) is 4.79 Å². The van der Waals surface area contributed by atoms with E-state index in [9.17, 15) is 4.79 Å². The van der Waals surface area contributed by atoms with Gasteiger partial charge in [0, 0.05) is 18.9 Å². The fourth-order valence-corrected chi connectivity index (χ4v) is 1.45. The Bertz CT molecular complexity index is 269. The summed E-state index contributed by atoms with van der Waals surface area (Å²) in [5, 5.41) is 0. The van der Waals surface area contributed by atoms with E-state index >= 15 is 0 Å². The summed E-state index contributed by atoms with van der Waals surface area (Å²) < 4.78 is 0. The van der Waals surface area contributed by atoms with Crippen molar-refractivity contribution in [1.82, 2.24) is 9.88 Å². The third-order valence-electron chi connectivity index (χ3n) is 1.79. The van der Waals surface area contributed by atoms with Crippen LogP contribution in [0.3, 0.4) is 0 Å². The first-order chi connectivity index (χ1) is 6.11. The number of carbonyl (C=O) groups is 1. The van der Waals surface area contributed by atoms with E-state index in [-0.39, 0.29) is 10.7 Å². The molecule has 72 valence electrons. The van der Waals surface area contributed by atoms with Gasteiger partial charge in [-0.1, -0.05) is 15.9 Å². The number of aromatic nitrogens is 1. The second kappa shape index (κ2) is 4.46. The molecule has 0 aliphatic heterocycles. The highest BCUT2D eigenvalue weighted by Crippen LogP contribution is 2.06. The van der Waals surface area contributed by atoms with E-state index in [0.717, 1.165) is 5.69 Å². The fourth-order valence-electron chi connectivity index (χ4n) is 1.10. The van der Waals surface area contributed by atoms with Gasteiger partial charge < -0.3 is 9.88 Å². The molecule has 0 bridgehead atoms. The molecule has 3 nitrogen and oxygen atoms in total. The maximum absolute atomic E-state index is 11.4. The number of amides is 1. The van der Waals surface area contributed by atoms with E-state index in [1.807, 2.05) is 25.3 Å². The van der Waals surface area contributed by atoms with Gasteiger partial charge >= 0.3 is 0 Å². The lowest BCUT2D eigenvalue weighted by atomic mass is 10.3. The number of nitrogens with zero attached hydrogens (tertiary/aromatic N) is 1. The van der Waals surface area contributed by atoms with Crippen LogP contribution in [0.25, 0.3) is 0 Å². The van der Waals surface area contributed by atoms with E-state index < -0.39 is 0 Å². The average molecular weight is 245 g/mol. The number of halogens is 1. The van der Waals surface area contributed by atoms with E-state index in [1.165, 1.54) is 0 Å². The smallest absolute Gasteiger partial charge is 0.236 e. The zero-order chi connectivity index (χ0) is 9.84. The van der Waals surface area contributed by atoms with Gasteiger partial charge in [-0.25, -0.2) is 0 Å². The van der Waals surface area contributed by atoms with Crippen LogP contribution in [0, 0.1) is 0 Å². The minimum Gasteiger partial charge on any atom is -0.364 e. The maximum Gasteiger partial charge on any atom is 0.236 e. The summed E-state index contributed by atoms with van der Waals surface area (Å²) in [7, 11) is 1.79. The highest BCUT2D eigenvalue weighted by atomic mass is 79.9. The molecule has 1 aromatic rings. The molecule has 1 N–H and O–H groups in total. The van der Waals surface area contributed by atoms with E-state index in [0.29, 0.717) is 6.54 Å². The highest BCUT2D eigenvalue weighted by molar-refractivity contribution is 9.10. The normalized spacial score (nSPS) is 12.5. The van der Waals surface area contributed by atoms with Crippen LogP contribution in [0.2, 0.25) is 0 Å². The Morgan fingerprint density at radius 2 is 2.46 bits per heavy atom. The molecule has 0 saturated carbocycles. The van der Waals surface area contributed by atoms with Gasteiger partial charge in [-0.2, -0.15) is 0 Å². The van der Waals surface area contributed by atoms with Crippen molar-refractivity contribution < 1.29 is 4.79 Å². The Morgan fingerprint density at radius 3 is 2.92 bits per heavy atom. The van der Waals surface area contributed by atoms with Crippen LogP contribution in [0.1, 0.15) is 12.6 Å². The van der Waals surface area contributed by atoms with Gasteiger partial charge in [0.1, 0.15) is 0 Å². The van der Waals surface area contributed by atoms with Crippen molar-refractivity contribution in [1.29, 1.82) is 0 Å². The molecule has 1 aromatic heterocycles. The summed E-state index contributed by atoms with van der Waals surface area (Å²) in [6.07, 6.45) is 1.85. The number of H-pyrrole nitrogens is 1. The van der Waals surface area contributed by atoms with Crippen molar-refractivity contribution >= 4 is 21.8 Å². The quantitative estimate of drug-likeness (QED) is 0.809. The molecule has 0 fully saturated rings. The number of nitrogens with one attached hydrogen (secondary N) is 1. The first-order valence-electron chi connectivity index (χ1n) is 4.12. The van der Waals surface area contributed by atoms with Crippen LogP contribution in [0.15, 0.2) is 18.3 Å². The first kappa shape index (κ1) is 10.3. The lowest BCUT2D eigenvalue weighted by Gasteiger charge is -2.17. The minimum absolute atomic E-state index is 0.0922. The standard InChI is InChI=1S/C9H13BrN2O/c1-7(10)9(13)12(2)6-8-4-3-5-11-8/h3-5,7,11H,6H2,1-2H3. The second-order valence-corrected chi connectivity index (χ2v) is 4.38. The molecule has 0 aromatic carbocycles. The van der Waals surface area contributed by atoms with Crippen molar-refractivity contribution in [2.24, 2.45) is 0 Å². The molecule has 0 radical (unpaired) electrons. The summed E-state index contributed by atoms with van der Waals surface area (Å²) in [6, 6.07) is 3.88. The molecule has 0 aliphatic rings. The van der Waals surface area contributed by atoms with Gasteiger partial charge in [0.2, 0.25) is 5.91 Å². The Morgan fingerprint density at radius 1 is 1.77 bits per heavy atom. The van der Waals surface area contributed by atoms with Crippen molar-refractivity contribution in [2.75, 3.05) is 7.05 Å². The van der Waals surface area contributed by atoms with Crippen LogP contribution in [0.5, 0.6) is 0 Å². The molecule has 1 rings (SSSR count). The number of alkyl halides is 1. The molecule has 1 atom stereocenters. The zero-order valence-electron chi connectivity index (χ0n) is 7.75. The maximum atomic E-state index is 11.4. The van der Waals surface area contributed by atoms with Crippen molar-refractivity contribution in [3.05, 3.63) is 24.0 Å². The van der Waals surface area contributed by atoms with Crippen LogP contribution in [0.4, 0.5) is 0 Å². The van der Waals surface area contributed by atoms with Crippen LogP contribution in [-0.4, -0.2) is 27.7 Å². The molecule has 0 spiro atoms. The van der Waals surface area contributed by atoms with Crippen molar-refractivity contribution in [2.45, 2.75) is 18.3 Å². The topological polar surface area (TPSA) is 36.1 Å². The Kier molecular flexibility index (Phi) is 3.54. The van der Waals surface area contributed by atoms with Gasteiger partial charge in [0.05, 0.1) is 11.4 Å². The number of carbonyl (C=O) groups excluding carboxylic acids is 1. The fraction of sp³-hybridized carbons (Fsp3) is 0.444. The SMILES string of the molecule is CC(Br)C(=O)N(C)Cc1ccc[nH]1. The number of rotatable bonds is 3. The second-order valence-electron chi connectivity index (χ2n) is 3.01. The van der Waals surface area contributed by atoms with E-state index in [1.54, 1.807) is 11.9 Å². The van der Waals surface area contributed by atoms with Crippen molar-refractivity contribution in [3.63, 3.8) is 0 Å². The predicted molar refractivity (Wildman–Crippen MR) is 55.7 cm³/mol. The first-order valence-corrected chi connectivity index (χ1v) is 5.04. The summed E-state index contributed by atoms with van der Waals surface area (Å²) in [5.74, 6) is 0.0922. The third-order valence-corrected chi connectivity index (χ3v) is 2.18. The molecule has 1 unspecified atom stereocenters. The van der Waals surface area contributed by atoms with Gasteiger partial charge in [0.25, 0.3) is 0 Å². The number of hydrogen-bond donors (Lipinski definition) is 1.